The zero-order valence-electron chi connectivity index (χ0n) is 10.5. The average molecular weight is 260 g/mol. The molecule has 2 heteroatoms. The van der Waals surface area contributed by atoms with Crippen molar-refractivity contribution < 1.29 is 0 Å². The van der Waals surface area contributed by atoms with Gasteiger partial charge in [0.05, 0.1) is 0 Å². The third kappa shape index (κ3) is 2.92. The van der Waals surface area contributed by atoms with E-state index in [1.54, 1.807) is 0 Å². The molecular formula is C16H18ClN. The Kier molecular flexibility index (Phi) is 4.40. The van der Waals surface area contributed by atoms with Crippen LogP contribution in [0.4, 0.5) is 0 Å². The maximum atomic E-state index is 5.95. The number of rotatable bonds is 4. The summed E-state index contributed by atoms with van der Waals surface area (Å²) in [5, 5.41) is 0.773. The zero-order valence-corrected chi connectivity index (χ0v) is 11.3. The molecule has 18 heavy (non-hydrogen) atoms. The fourth-order valence-electron chi connectivity index (χ4n) is 2.33. The minimum Gasteiger partial charge on any atom is -0.330 e. The van der Waals surface area contributed by atoms with Crippen molar-refractivity contribution in [2.24, 2.45) is 5.73 Å². The summed E-state index contributed by atoms with van der Waals surface area (Å²) in [4.78, 5) is 0. The number of nitrogens with two attached hydrogens (primary N) is 1. The van der Waals surface area contributed by atoms with E-state index in [1.807, 2.05) is 18.2 Å². The zero-order chi connectivity index (χ0) is 13.0. The molecule has 0 aliphatic rings. The van der Waals surface area contributed by atoms with Gasteiger partial charge < -0.3 is 5.73 Å². The van der Waals surface area contributed by atoms with Gasteiger partial charge in [0.2, 0.25) is 0 Å². The van der Waals surface area contributed by atoms with Gasteiger partial charge in [0.1, 0.15) is 0 Å². The van der Waals surface area contributed by atoms with Crippen LogP contribution in [0.3, 0.4) is 0 Å². The molecule has 0 bridgehead atoms. The van der Waals surface area contributed by atoms with Gasteiger partial charge in [-0.3, -0.25) is 0 Å². The van der Waals surface area contributed by atoms with Gasteiger partial charge in [-0.25, -0.2) is 0 Å². The molecule has 2 aromatic carbocycles. The molecule has 0 radical (unpaired) electrons. The van der Waals surface area contributed by atoms with Gasteiger partial charge in [-0.15, -0.1) is 0 Å². The number of benzene rings is 2. The van der Waals surface area contributed by atoms with Gasteiger partial charge in [-0.1, -0.05) is 61.0 Å². The quantitative estimate of drug-likeness (QED) is 0.876. The van der Waals surface area contributed by atoms with Crippen LogP contribution >= 0.6 is 11.6 Å². The predicted molar refractivity (Wildman–Crippen MR) is 78.1 cm³/mol. The van der Waals surface area contributed by atoms with Gasteiger partial charge in [0.25, 0.3) is 0 Å². The monoisotopic (exact) mass is 259 g/mol. The van der Waals surface area contributed by atoms with Crippen LogP contribution in [0.15, 0.2) is 54.6 Å². The molecule has 0 heterocycles. The van der Waals surface area contributed by atoms with Crippen LogP contribution in [0.1, 0.15) is 29.9 Å². The molecule has 0 aliphatic heterocycles. The first-order chi connectivity index (χ1) is 8.72. The summed E-state index contributed by atoms with van der Waals surface area (Å²) >= 11 is 5.92. The van der Waals surface area contributed by atoms with E-state index in [4.69, 9.17) is 17.3 Å². The summed E-state index contributed by atoms with van der Waals surface area (Å²) < 4.78 is 0. The summed E-state index contributed by atoms with van der Waals surface area (Å²) in [6, 6.07) is 18.5. The van der Waals surface area contributed by atoms with Crippen molar-refractivity contribution in [1.29, 1.82) is 0 Å². The van der Waals surface area contributed by atoms with E-state index >= 15 is 0 Å². The van der Waals surface area contributed by atoms with E-state index in [0.717, 1.165) is 5.02 Å². The average Bonchev–Trinajstić information content (AvgIpc) is 2.41. The van der Waals surface area contributed by atoms with E-state index in [9.17, 15) is 0 Å². The second-order valence-corrected chi connectivity index (χ2v) is 5.03. The first-order valence-corrected chi connectivity index (χ1v) is 6.60. The molecule has 0 spiro atoms. The smallest absolute Gasteiger partial charge is 0.0406 e. The second kappa shape index (κ2) is 6.03. The van der Waals surface area contributed by atoms with Crippen LogP contribution in [-0.4, -0.2) is 6.54 Å². The van der Waals surface area contributed by atoms with Crippen molar-refractivity contribution in [3.8, 4) is 0 Å². The lowest BCUT2D eigenvalue weighted by Crippen LogP contribution is -2.18. The first kappa shape index (κ1) is 13.1. The Hall–Kier alpha value is -1.31. The normalized spacial score (nSPS) is 14.2. The summed E-state index contributed by atoms with van der Waals surface area (Å²) in [7, 11) is 0. The van der Waals surface area contributed by atoms with Gasteiger partial charge in [0, 0.05) is 10.9 Å². The molecule has 0 aliphatic carbocycles. The lowest BCUT2D eigenvalue weighted by atomic mass is 9.83. The summed E-state index contributed by atoms with van der Waals surface area (Å²) in [6.45, 7) is 2.86. The molecule has 0 amide bonds. The van der Waals surface area contributed by atoms with E-state index in [-0.39, 0.29) is 0 Å². The number of hydrogen-bond acceptors (Lipinski definition) is 1. The molecule has 2 rings (SSSR count). The highest BCUT2D eigenvalue weighted by molar-refractivity contribution is 6.30. The van der Waals surface area contributed by atoms with Crippen molar-refractivity contribution in [3.63, 3.8) is 0 Å². The Morgan fingerprint density at radius 1 is 0.944 bits per heavy atom. The van der Waals surface area contributed by atoms with Crippen LogP contribution in [0.5, 0.6) is 0 Å². The van der Waals surface area contributed by atoms with Crippen LogP contribution in [-0.2, 0) is 0 Å². The molecule has 0 fully saturated rings. The number of hydrogen-bond donors (Lipinski definition) is 1. The SMILES string of the molecule is CC(c1ccc(Cl)cc1)C(CN)c1ccccc1. The molecule has 0 aromatic heterocycles. The molecule has 2 unspecified atom stereocenters. The molecule has 2 aromatic rings. The fourth-order valence-corrected chi connectivity index (χ4v) is 2.45. The molecule has 0 saturated heterocycles. The molecule has 0 saturated carbocycles. The Morgan fingerprint density at radius 3 is 2.11 bits per heavy atom. The van der Waals surface area contributed by atoms with Crippen LogP contribution in [0.25, 0.3) is 0 Å². The Balaban J connectivity index is 2.25. The molecule has 2 N–H and O–H groups in total. The van der Waals surface area contributed by atoms with Gasteiger partial charge >= 0.3 is 0 Å². The third-order valence-corrected chi connectivity index (χ3v) is 3.73. The van der Waals surface area contributed by atoms with E-state index in [1.165, 1.54) is 11.1 Å². The highest BCUT2D eigenvalue weighted by atomic mass is 35.5. The minimum absolute atomic E-state index is 0.340. The van der Waals surface area contributed by atoms with Gasteiger partial charge in [0.15, 0.2) is 0 Å². The third-order valence-electron chi connectivity index (χ3n) is 3.48. The minimum atomic E-state index is 0.340. The lowest BCUT2D eigenvalue weighted by molar-refractivity contribution is 0.584. The standard InChI is InChI=1S/C16H18ClN/c1-12(13-7-9-15(17)10-8-13)16(11-18)14-5-3-2-4-6-14/h2-10,12,16H,11,18H2,1H3. The van der Waals surface area contributed by atoms with Crippen molar-refractivity contribution in [2.45, 2.75) is 18.8 Å². The maximum Gasteiger partial charge on any atom is 0.0406 e. The van der Waals surface area contributed by atoms with Gasteiger partial charge in [-0.05, 0) is 35.7 Å². The largest absolute Gasteiger partial charge is 0.330 e. The van der Waals surface area contributed by atoms with Crippen molar-refractivity contribution in [1.82, 2.24) is 0 Å². The molecule has 2 atom stereocenters. The van der Waals surface area contributed by atoms with Crippen LogP contribution < -0.4 is 5.73 Å². The Bertz CT molecular complexity index is 478. The maximum absolute atomic E-state index is 5.95. The predicted octanol–water partition coefficient (Wildman–Crippen LogP) is 4.19. The highest BCUT2D eigenvalue weighted by Crippen LogP contribution is 2.32. The highest BCUT2D eigenvalue weighted by Gasteiger charge is 2.19. The van der Waals surface area contributed by atoms with E-state index < -0.39 is 0 Å². The summed E-state index contributed by atoms with van der Waals surface area (Å²) in [6.07, 6.45) is 0. The second-order valence-electron chi connectivity index (χ2n) is 4.59. The van der Waals surface area contributed by atoms with Crippen molar-refractivity contribution in [2.75, 3.05) is 6.54 Å². The molecule has 1 nitrogen and oxygen atoms in total. The molecule has 94 valence electrons. The van der Waals surface area contributed by atoms with Crippen LogP contribution in [0, 0.1) is 0 Å². The molecular weight excluding hydrogens is 242 g/mol. The van der Waals surface area contributed by atoms with Crippen LogP contribution in [0.2, 0.25) is 5.02 Å². The fraction of sp³-hybridized carbons (Fsp3) is 0.250. The van der Waals surface area contributed by atoms with Crippen molar-refractivity contribution in [3.05, 3.63) is 70.7 Å². The van der Waals surface area contributed by atoms with E-state index in [0.29, 0.717) is 18.4 Å². The lowest BCUT2D eigenvalue weighted by Gasteiger charge is -2.23. The summed E-state index contributed by atoms with van der Waals surface area (Å²) in [5.41, 5.74) is 8.52. The Morgan fingerprint density at radius 2 is 1.56 bits per heavy atom. The topological polar surface area (TPSA) is 26.0 Å². The number of halogens is 1. The van der Waals surface area contributed by atoms with Crippen molar-refractivity contribution >= 4 is 11.6 Å². The van der Waals surface area contributed by atoms with E-state index in [2.05, 4.69) is 43.3 Å². The first-order valence-electron chi connectivity index (χ1n) is 6.23. The van der Waals surface area contributed by atoms with Gasteiger partial charge in [-0.2, -0.15) is 0 Å². The summed E-state index contributed by atoms with van der Waals surface area (Å²) in [5.74, 6) is 0.724. The Labute approximate surface area is 114 Å².